The number of nitrogens with one attached hydrogen (secondary N) is 1. The van der Waals surface area contributed by atoms with Crippen LogP contribution in [-0.2, 0) is 9.53 Å². The fourth-order valence-corrected chi connectivity index (χ4v) is 0.860. The Morgan fingerprint density at radius 2 is 2.00 bits per heavy atom. The lowest BCUT2D eigenvalue weighted by Crippen LogP contribution is -2.27. The molecule has 0 aliphatic heterocycles. The number of amides is 1. The maximum absolute atomic E-state index is 11.1. The van der Waals surface area contributed by atoms with Gasteiger partial charge in [0, 0.05) is 20.1 Å². The monoisotopic (exact) mass is 187 g/mol. The Bertz CT molecular complexity index is 149. The second-order valence-electron chi connectivity index (χ2n) is 4.40. The summed E-state index contributed by atoms with van der Waals surface area (Å²) >= 11 is 0. The van der Waals surface area contributed by atoms with E-state index in [1.54, 1.807) is 7.11 Å². The van der Waals surface area contributed by atoms with Crippen LogP contribution in [0, 0.1) is 5.41 Å². The van der Waals surface area contributed by atoms with Gasteiger partial charge in [-0.1, -0.05) is 20.8 Å². The molecule has 0 aromatic rings. The van der Waals surface area contributed by atoms with Gasteiger partial charge in [0.2, 0.25) is 5.91 Å². The normalized spacial score (nSPS) is 11.4. The summed E-state index contributed by atoms with van der Waals surface area (Å²) in [6.07, 6.45) is 1.46. The molecule has 1 N–H and O–H groups in total. The zero-order chi connectivity index (χ0) is 10.3. The lowest BCUT2D eigenvalue weighted by molar-refractivity contribution is -0.122. The van der Waals surface area contributed by atoms with Gasteiger partial charge in [0.05, 0.1) is 6.61 Å². The van der Waals surface area contributed by atoms with Crippen molar-refractivity contribution in [3.8, 4) is 0 Å². The van der Waals surface area contributed by atoms with Crippen molar-refractivity contribution in [2.75, 3.05) is 20.3 Å². The van der Waals surface area contributed by atoms with E-state index in [0.717, 1.165) is 13.0 Å². The summed E-state index contributed by atoms with van der Waals surface area (Å²) in [4.78, 5) is 11.1. The van der Waals surface area contributed by atoms with Crippen LogP contribution >= 0.6 is 0 Å². The summed E-state index contributed by atoms with van der Waals surface area (Å²) in [7, 11) is 1.60. The molecule has 0 saturated carbocycles. The second kappa shape index (κ2) is 5.97. The van der Waals surface area contributed by atoms with Crippen molar-refractivity contribution in [3.05, 3.63) is 0 Å². The first-order valence-electron chi connectivity index (χ1n) is 4.71. The molecule has 0 atom stereocenters. The number of methoxy groups -OCH3 is 1. The molecule has 3 nitrogen and oxygen atoms in total. The molecule has 0 aliphatic carbocycles. The summed E-state index contributed by atoms with van der Waals surface area (Å²) in [6.45, 7) is 7.74. The summed E-state index contributed by atoms with van der Waals surface area (Å²) < 4.78 is 4.80. The molecule has 13 heavy (non-hydrogen) atoms. The molecule has 0 bridgehead atoms. The van der Waals surface area contributed by atoms with Crippen LogP contribution in [-0.4, -0.2) is 26.2 Å². The standard InChI is InChI=1S/C10H21NO2/c1-10(2,3)6-7-11-9(12)5-8-13-4/h5-8H2,1-4H3,(H,11,12). The summed E-state index contributed by atoms with van der Waals surface area (Å²) in [5.74, 6) is 0.0751. The molecule has 0 radical (unpaired) electrons. The lowest BCUT2D eigenvalue weighted by Gasteiger charge is -2.17. The Labute approximate surface area is 80.8 Å². The van der Waals surface area contributed by atoms with E-state index in [9.17, 15) is 4.79 Å². The van der Waals surface area contributed by atoms with Crippen LogP contribution in [0.2, 0.25) is 0 Å². The number of carbonyl (C=O) groups is 1. The average Bonchev–Trinajstić information content (AvgIpc) is 1.98. The molecule has 0 saturated heterocycles. The van der Waals surface area contributed by atoms with Gasteiger partial charge in [0.25, 0.3) is 0 Å². The van der Waals surface area contributed by atoms with E-state index in [1.165, 1.54) is 0 Å². The van der Waals surface area contributed by atoms with Gasteiger partial charge in [-0.25, -0.2) is 0 Å². The largest absolute Gasteiger partial charge is 0.384 e. The highest BCUT2D eigenvalue weighted by Crippen LogP contribution is 2.16. The Hall–Kier alpha value is -0.570. The first kappa shape index (κ1) is 12.4. The van der Waals surface area contributed by atoms with E-state index in [1.807, 2.05) is 0 Å². The molecule has 0 aromatic heterocycles. The Morgan fingerprint density at radius 1 is 1.38 bits per heavy atom. The van der Waals surface area contributed by atoms with Crippen molar-refractivity contribution in [2.45, 2.75) is 33.6 Å². The summed E-state index contributed by atoms with van der Waals surface area (Å²) in [6, 6.07) is 0. The van der Waals surface area contributed by atoms with Crippen molar-refractivity contribution in [1.82, 2.24) is 5.32 Å². The van der Waals surface area contributed by atoms with Gasteiger partial charge < -0.3 is 10.1 Å². The van der Waals surface area contributed by atoms with Gasteiger partial charge in [-0.3, -0.25) is 4.79 Å². The molecule has 1 amide bonds. The topological polar surface area (TPSA) is 38.3 Å². The van der Waals surface area contributed by atoms with Crippen molar-refractivity contribution in [2.24, 2.45) is 5.41 Å². The molecule has 0 aliphatic rings. The van der Waals surface area contributed by atoms with Crippen LogP contribution in [0.15, 0.2) is 0 Å². The third-order valence-electron chi connectivity index (χ3n) is 1.73. The molecule has 3 heteroatoms. The van der Waals surface area contributed by atoms with Crippen LogP contribution in [0.3, 0.4) is 0 Å². The van der Waals surface area contributed by atoms with Crippen molar-refractivity contribution in [1.29, 1.82) is 0 Å². The predicted octanol–water partition coefficient (Wildman–Crippen LogP) is 1.58. The Kier molecular flexibility index (Phi) is 5.71. The van der Waals surface area contributed by atoms with Crippen LogP contribution in [0.4, 0.5) is 0 Å². The highest BCUT2D eigenvalue weighted by atomic mass is 16.5. The van der Waals surface area contributed by atoms with Crippen LogP contribution in [0.1, 0.15) is 33.6 Å². The van der Waals surface area contributed by atoms with E-state index < -0.39 is 0 Å². The second-order valence-corrected chi connectivity index (χ2v) is 4.40. The van der Waals surface area contributed by atoms with Crippen LogP contribution in [0.5, 0.6) is 0 Å². The first-order valence-corrected chi connectivity index (χ1v) is 4.71. The molecule has 78 valence electrons. The van der Waals surface area contributed by atoms with Crippen LogP contribution in [0.25, 0.3) is 0 Å². The fraction of sp³-hybridized carbons (Fsp3) is 0.900. The number of hydrogen-bond acceptors (Lipinski definition) is 2. The van der Waals surface area contributed by atoms with E-state index in [4.69, 9.17) is 4.74 Å². The maximum Gasteiger partial charge on any atom is 0.222 e. The highest BCUT2D eigenvalue weighted by Gasteiger charge is 2.09. The minimum Gasteiger partial charge on any atom is -0.384 e. The van der Waals surface area contributed by atoms with Gasteiger partial charge in [0.15, 0.2) is 0 Å². The molecule has 0 rings (SSSR count). The first-order chi connectivity index (χ1) is 5.95. The van der Waals surface area contributed by atoms with E-state index >= 15 is 0 Å². The zero-order valence-electron chi connectivity index (χ0n) is 9.14. The molecular weight excluding hydrogens is 166 g/mol. The molecule has 0 unspecified atom stereocenters. The number of ether oxygens (including phenoxy) is 1. The van der Waals surface area contributed by atoms with Crippen molar-refractivity contribution >= 4 is 5.91 Å². The van der Waals surface area contributed by atoms with E-state index in [2.05, 4.69) is 26.1 Å². The van der Waals surface area contributed by atoms with Gasteiger partial charge in [-0.05, 0) is 11.8 Å². The SMILES string of the molecule is COCCC(=O)NCCC(C)(C)C. The fourth-order valence-electron chi connectivity index (χ4n) is 0.860. The molecule has 0 fully saturated rings. The zero-order valence-corrected chi connectivity index (χ0v) is 9.14. The number of rotatable bonds is 5. The highest BCUT2D eigenvalue weighted by molar-refractivity contribution is 5.75. The summed E-state index contributed by atoms with van der Waals surface area (Å²) in [5.41, 5.74) is 0.286. The minimum atomic E-state index is 0.0751. The van der Waals surface area contributed by atoms with E-state index in [0.29, 0.717) is 13.0 Å². The third kappa shape index (κ3) is 9.34. The van der Waals surface area contributed by atoms with Crippen LogP contribution < -0.4 is 5.32 Å². The van der Waals surface area contributed by atoms with Gasteiger partial charge in [-0.15, -0.1) is 0 Å². The van der Waals surface area contributed by atoms with Gasteiger partial charge >= 0.3 is 0 Å². The Morgan fingerprint density at radius 3 is 2.46 bits per heavy atom. The van der Waals surface area contributed by atoms with Crippen molar-refractivity contribution in [3.63, 3.8) is 0 Å². The predicted molar refractivity (Wildman–Crippen MR) is 53.6 cm³/mol. The number of carbonyl (C=O) groups excluding carboxylic acids is 1. The summed E-state index contributed by atoms with van der Waals surface area (Å²) in [5, 5.41) is 2.86. The quantitative estimate of drug-likeness (QED) is 0.709. The molecule has 0 heterocycles. The Balaban J connectivity index is 3.37. The van der Waals surface area contributed by atoms with Gasteiger partial charge in [0.1, 0.15) is 0 Å². The lowest BCUT2D eigenvalue weighted by atomic mass is 9.92. The third-order valence-corrected chi connectivity index (χ3v) is 1.73. The van der Waals surface area contributed by atoms with E-state index in [-0.39, 0.29) is 11.3 Å². The maximum atomic E-state index is 11.1. The van der Waals surface area contributed by atoms with Gasteiger partial charge in [-0.2, -0.15) is 0 Å². The molecule has 0 aromatic carbocycles. The average molecular weight is 187 g/mol. The molecule has 0 spiro atoms. The number of hydrogen-bond donors (Lipinski definition) is 1. The minimum absolute atomic E-state index is 0.0751. The smallest absolute Gasteiger partial charge is 0.222 e. The molecular formula is C10H21NO2. The van der Waals surface area contributed by atoms with Crippen molar-refractivity contribution < 1.29 is 9.53 Å².